The first-order valence-electron chi connectivity index (χ1n) is 10.5. The molecule has 2 N–H and O–H groups in total. The number of nitrogens with one attached hydrogen (secondary N) is 2. The number of amides is 2. The standard InChI is InChI=1S/C24H24FN5O2/c1-16(30-10-9-17-5-2-3-6-19(17)15-30)12-28-23(31)24(32)29-21-13-26-22(27-14-21)18-7-4-8-20(25)11-18/h2-8,11,13-14,16H,9-10,12,15H2,1H3,(H,28,31)(H,29,32). The predicted molar refractivity (Wildman–Crippen MR) is 119 cm³/mol. The molecule has 1 aliphatic heterocycles. The summed E-state index contributed by atoms with van der Waals surface area (Å²) in [5.74, 6) is -1.57. The van der Waals surface area contributed by atoms with Crippen LogP contribution < -0.4 is 10.6 Å². The fourth-order valence-electron chi connectivity index (χ4n) is 3.70. The predicted octanol–water partition coefficient (Wildman–Crippen LogP) is 2.78. The highest BCUT2D eigenvalue weighted by molar-refractivity contribution is 6.39. The number of nitrogens with zero attached hydrogens (tertiary/aromatic N) is 3. The van der Waals surface area contributed by atoms with Gasteiger partial charge in [0.1, 0.15) is 5.82 Å². The second-order valence-corrected chi connectivity index (χ2v) is 7.81. The van der Waals surface area contributed by atoms with Gasteiger partial charge in [-0.3, -0.25) is 14.5 Å². The van der Waals surface area contributed by atoms with Gasteiger partial charge in [-0.2, -0.15) is 0 Å². The normalized spacial score (nSPS) is 14.3. The van der Waals surface area contributed by atoms with Crippen LogP contribution in [0, 0.1) is 5.82 Å². The van der Waals surface area contributed by atoms with E-state index in [0.717, 1.165) is 19.5 Å². The maximum Gasteiger partial charge on any atom is 0.313 e. The average Bonchev–Trinajstić information content (AvgIpc) is 2.82. The van der Waals surface area contributed by atoms with E-state index >= 15 is 0 Å². The van der Waals surface area contributed by atoms with Gasteiger partial charge in [-0.1, -0.05) is 36.4 Å². The minimum Gasteiger partial charge on any atom is -0.346 e. The van der Waals surface area contributed by atoms with Crippen molar-refractivity contribution in [3.63, 3.8) is 0 Å². The summed E-state index contributed by atoms with van der Waals surface area (Å²) in [7, 11) is 0. The van der Waals surface area contributed by atoms with Crippen LogP contribution in [0.25, 0.3) is 11.4 Å². The Bertz CT molecular complexity index is 1120. The molecule has 0 fully saturated rings. The van der Waals surface area contributed by atoms with Crippen LogP contribution in [-0.4, -0.2) is 45.8 Å². The number of rotatable bonds is 5. The van der Waals surface area contributed by atoms with Crippen LogP contribution in [0.1, 0.15) is 18.1 Å². The lowest BCUT2D eigenvalue weighted by Gasteiger charge is -2.33. The SMILES string of the molecule is CC(CNC(=O)C(=O)Nc1cnc(-c2cccc(F)c2)nc1)N1CCc2ccccc2C1. The highest BCUT2D eigenvalue weighted by atomic mass is 19.1. The Morgan fingerprint density at radius 2 is 1.81 bits per heavy atom. The summed E-state index contributed by atoms with van der Waals surface area (Å²) in [4.78, 5) is 35.0. The third kappa shape index (κ3) is 5.15. The molecule has 0 spiro atoms. The van der Waals surface area contributed by atoms with Gasteiger partial charge >= 0.3 is 11.8 Å². The molecule has 2 aromatic carbocycles. The van der Waals surface area contributed by atoms with Gasteiger partial charge in [0.25, 0.3) is 0 Å². The van der Waals surface area contributed by atoms with Gasteiger partial charge in [-0.25, -0.2) is 14.4 Å². The molecule has 2 heterocycles. The Hall–Kier alpha value is -3.65. The lowest BCUT2D eigenvalue weighted by atomic mass is 9.99. The van der Waals surface area contributed by atoms with E-state index in [4.69, 9.17) is 0 Å². The first-order chi connectivity index (χ1) is 15.5. The van der Waals surface area contributed by atoms with Crippen LogP contribution in [0.4, 0.5) is 10.1 Å². The van der Waals surface area contributed by atoms with Gasteiger partial charge < -0.3 is 10.6 Å². The van der Waals surface area contributed by atoms with Crippen molar-refractivity contribution in [2.45, 2.75) is 25.9 Å². The Morgan fingerprint density at radius 1 is 1.06 bits per heavy atom. The Balaban J connectivity index is 1.27. The summed E-state index contributed by atoms with van der Waals surface area (Å²) < 4.78 is 13.3. The third-order valence-corrected chi connectivity index (χ3v) is 5.54. The Kier molecular flexibility index (Phi) is 6.51. The monoisotopic (exact) mass is 433 g/mol. The zero-order valence-corrected chi connectivity index (χ0v) is 17.7. The fraction of sp³-hybridized carbons (Fsp3) is 0.250. The van der Waals surface area contributed by atoms with Crippen molar-refractivity contribution in [3.05, 3.63) is 77.9 Å². The van der Waals surface area contributed by atoms with Gasteiger partial charge in [0, 0.05) is 31.2 Å². The Labute approximate surface area is 185 Å². The first kappa shape index (κ1) is 21.6. The van der Waals surface area contributed by atoms with E-state index in [0.29, 0.717) is 17.9 Å². The van der Waals surface area contributed by atoms with Crippen molar-refractivity contribution in [1.82, 2.24) is 20.2 Å². The zero-order valence-electron chi connectivity index (χ0n) is 17.7. The maximum atomic E-state index is 13.3. The maximum absolute atomic E-state index is 13.3. The number of hydrogen-bond donors (Lipinski definition) is 2. The van der Waals surface area contributed by atoms with Gasteiger partial charge in [0.05, 0.1) is 18.1 Å². The molecule has 4 rings (SSSR count). The molecule has 32 heavy (non-hydrogen) atoms. The summed E-state index contributed by atoms with van der Waals surface area (Å²) in [6, 6.07) is 14.4. The second-order valence-electron chi connectivity index (χ2n) is 7.81. The van der Waals surface area contributed by atoms with Crippen molar-refractivity contribution in [2.75, 3.05) is 18.4 Å². The molecular weight excluding hydrogens is 409 g/mol. The van der Waals surface area contributed by atoms with Gasteiger partial charge in [0.2, 0.25) is 0 Å². The lowest BCUT2D eigenvalue weighted by molar-refractivity contribution is -0.136. The molecule has 0 saturated heterocycles. The summed E-state index contributed by atoms with van der Waals surface area (Å²) in [6.07, 6.45) is 3.74. The number of halogens is 1. The Morgan fingerprint density at radius 3 is 2.56 bits per heavy atom. The molecule has 0 radical (unpaired) electrons. The second kappa shape index (κ2) is 9.65. The molecule has 2 amide bonds. The average molecular weight is 433 g/mol. The number of benzene rings is 2. The topological polar surface area (TPSA) is 87.2 Å². The molecular formula is C24H24FN5O2. The molecule has 7 nitrogen and oxygen atoms in total. The molecule has 1 atom stereocenters. The van der Waals surface area contributed by atoms with Crippen LogP contribution in [0.5, 0.6) is 0 Å². The van der Waals surface area contributed by atoms with Gasteiger partial charge in [0.15, 0.2) is 5.82 Å². The molecule has 3 aromatic rings. The van der Waals surface area contributed by atoms with Crippen LogP contribution in [0.15, 0.2) is 60.9 Å². The fourth-order valence-corrected chi connectivity index (χ4v) is 3.70. The highest BCUT2D eigenvalue weighted by Crippen LogP contribution is 2.20. The summed E-state index contributed by atoms with van der Waals surface area (Å²) in [5.41, 5.74) is 3.47. The van der Waals surface area contributed by atoms with Crippen LogP contribution in [0.3, 0.4) is 0 Å². The van der Waals surface area contributed by atoms with Crippen molar-refractivity contribution in [2.24, 2.45) is 0 Å². The van der Waals surface area contributed by atoms with Crippen LogP contribution in [-0.2, 0) is 22.6 Å². The largest absolute Gasteiger partial charge is 0.346 e. The molecule has 0 bridgehead atoms. The van der Waals surface area contributed by atoms with Crippen molar-refractivity contribution < 1.29 is 14.0 Å². The van der Waals surface area contributed by atoms with E-state index in [2.05, 4.69) is 43.7 Å². The first-order valence-corrected chi connectivity index (χ1v) is 10.5. The third-order valence-electron chi connectivity index (χ3n) is 5.54. The summed E-state index contributed by atoms with van der Waals surface area (Å²) in [6.45, 7) is 4.14. The molecule has 8 heteroatoms. The molecule has 1 aliphatic rings. The summed E-state index contributed by atoms with van der Waals surface area (Å²) >= 11 is 0. The molecule has 164 valence electrons. The van der Waals surface area contributed by atoms with Crippen molar-refractivity contribution in [1.29, 1.82) is 0 Å². The van der Waals surface area contributed by atoms with E-state index < -0.39 is 11.8 Å². The van der Waals surface area contributed by atoms with Crippen LogP contribution in [0.2, 0.25) is 0 Å². The molecule has 0 saturated carbocycles. The van der Waals surface area contributed by atoms with E-state index in [1.807, 2.05) is 13.0 Å². The zero-order chi connectivity index (χ0) is 22.5. The van der Waals surface area contributed by atoms with Crippen molar-refractivity contribution in [3.8, 4) is 11.4 Å². The van der Waals surface area contributed by atoms with Crippen molar-refractivity contribution >= 4 is 17.5 Å². The molecule has 1 aromatic heterocycles. The number of anilines is 1. The van der Waals surface area contributed by atoms with Gasteiger partial charge in [-0.05, 0) is 36.6 Å². The minimum atomic E-state index is -0.789. The van der Waals surface area contributed by atoms with E-state index in [-0.39, 0.29) is 17.5 Å². The lowest BCUT2D eigenvalue weighted by Crippen LogP contribution is -2.46. The minimum absolute atomic E-state index is 0.0917. The number of hydrogen-bond acceptors (Lipinski definition) is 5. The molecule has 0 aliphatic carbocycles. The molecule has 1 unspecified atom stereocenters. The van der Waals surface area contributed by atoms with E-state index in [9.17, 15) is 14.0 Å². The number of carbonyl (C=O) groups is 2. The van der Waals surface area contributed by atoms with Crippen LogP contribution >= 0.6 is 0 Å². The quantitative estimate of drug-likeness (QED) is 0.605. The van der Waals surface area contributed by atoms with E-state index in [1.165, 1.54) is 35.7 Å². The highest BCUT2D eigenvalue weighted by Gasteiger charge is 2.22. The smallest absolute Gasteiger partial charge is 0.313 e. The number of aromatic nitrogens is 2. The van der Waals surface area contributed by atoms with E-state index in [1.54, 1.807) is 12.1 Å². The van der Waals surface area contributed by atoms with Gasteiger partial charge in [-0.15, -0.1) is 0 Å². The summed E-state index contributed by atoms with van der Waals surface area (Å²) in [5, 5.41) is 5.18. The number of carbonyl (C=O) groups excluding carboxylic acids is 2. The number of fused-ring (bicyclic) bond motifs is 1.